The van der Waals surface area contributed by atoms with Gasteiger partial charge in [-0.05, 0) is 17.5 Å². The Hall–Kier alpha value is -2.93. The van der Waals surface area contributed by atoms with Crippen molar-refractivity contribution in [1.29, 1.82) is 0 Å². The molecule has 25 heavy (non-hydrogen) atoms. The first-order valence-corrected chi connectivity index (χ1v) is 8.08. The highest BCUT2D eigenvalue weighted by atomic mass is 16.6. The first kappa shape index (κ1) is 16.9. The number of nitrogens with one attached hydrogen (secondary N) is 2. The second-order valence-corrected chi connectivity index (χ2v) is 5.85. The van der Waals surface area contributed by atoms with Crippen molar-refractivity contribution in [2.75, 3.05) is 6.61 Å². The van der Waals surface area contributed by atoms with Crippen LogP contribution >= 0.6 is 0 Å². The van der Waals surface area contributed by atoms with Gasteiger partial charge < -0.3 is 15.4 Å². The number of hydrogen-bond acceptors (Lipinski definition) is 4. The van der Waals surface area contributed by atoms with Gasteiger partial charge in [-0.25, -0.2) is 4.79 Å². The molecule has 2 aromatic rings. The maximum absolute atomic E-state index is 12.1. The molecule has 130 valence electrons. The molecule has 1 aliphatic heterocycles. The molecule has 0 bridgehead atoms. The molecule has 0 unspecified atom stereocenters. The molecule has 2 atom stereocenters. The van der Waals surface area contributed by atoms with Crippen LogP contribution in [-0.4, -0.2) is 23.6 Å². The number of hydrogen-bond donors (Lipinski definition) is 2. The van der Waals surface area contributed by atoms with Gasteiger partial charge in [0.1, 0.15) is 6.10 Å². The smallest absolute Gasteiger partial charge is 0.315 e. The SMILES string of the molecule is O=C(NCc1ccc([N+](=O)[O-])cc1)N[C@H]1CCO[C@@H]1c1ccccc1. The van der Waals surface area contributed by atoms with Crippen molar-refractivity contribution in [2.24, 2.45) is 0 Å². The van der Waals surface area contributed by atoms with E-state index in [1.165, 1.54) is 12.1 Å². The topological polar surface area (TPSA) is 93.5 Å². The molecular formula is C18H19N3O4. The van der Waals surface area contributed by atoms with E-state index < -0.39 is 4.92 Å². The first-order valence-electron chi connectivity index (χ1n) is 8.08. The summed E-state index contributed by atoms with van der Waals surface area (Å²) in [6, 6.07) is 15.5. The highest BCUT2D eigenvalue weighted by Crippen LogP contribution is 2.28. The Balaban J connectivity index is 1.52. The molecule has 1 heterocycles. The predicted octanol–water partition coefficient (Wildman–Crippen LogP) is 2.92. The predicted molar refractivity (Wildman–Crippen MR) is 92.0 cm³/mol. The highest BCUT2D eigenvalue weighted by Gasteiger charge is 2.30. The number of ether oxygens (including phenoxy) is 1. The van der Waals surface area contributed by atoms with Crippen molar-refractivity contribution in [3.8, 4) is 0 Å². The Morgan fingerprint density at radius 2 is 1.88 bits per heavy atom. The van der Waals surface area contributed by atoms with Gasteiger partial charge in [0.2, 0.25) is 0 Å². The van der Waals surface area contributed by atoms with Crippen LogP contribution in [0.25, 0.3) is 0 Å². The van der Waals surface area contributed by atoms with Crippen LogP contribution in [0.1, 0.15) is 23.7 Å². The summed E-state index contributed by atoms with van der Waals surface area (Å²) in [5.41, 5.74) is 1.87. The minimum Gasteiger partial charge on any atom is -0.371 e. The van der Waals surface area contributed by atoms with Gasteiger partial charge >= 0.3 is 6.03 Å². The zero-order valence-corrected chi connectivity index (χ0v) is 13.6. The largest absolute Gasteiger partial charge is 0.371 e. The van der Waals surface area contributed by atoms with Gasteiger partial charge in [0, 0.05) is 25.3 Å². The van der Waals surface area contributed by atoms with Crippen LogP contribution in [-0.2, 0) is 11.3 Å². The van der Waals surface area contributed by atoms with Crippen molar-refractivity contribution in [2.45, 2.75) is 25.1 Å². The van der Waals surface area contributed by atoms with E-state index in [9.17, 15) is 14.9 Å². The van der Waals surface area contributed by atoms with E-state index in [-0.39, 0.29) is 23.9 Å². The highest BCUT2D eigenvalue weighted by molar-refractivity contribution is 5.74. The zero-order chi connectivity index (χ0) is 17.6. The van der Waals surface area contributed by atoms with Crippen LogP contribution in [0.2, 0.25) is 0 Å². The monoisotopic (exact) mass is 341 g/mol. The molecule has 0 aliphatic carbocycles. The molecule has 0 spiro atoms. The lowest BCUT2D eigenvalue weighted by Crippen LogP contribution is -2.43. The summed E-state index contributed by atoms with van der Waals surface area (Å²) in [5.74, 6) is 0. The van der Waals surface area contributed by atoms with Gasteiger partial charge in [0.05, 0.1) is 11.0 Å². The molecule has 1 aliphatic rings. The second-order valence-electron chi connectivity index (χ2n) is 5.85. The second kappa shape index (κ2) is 7.76. The molecule has 2 aromatic carbocycles. The molecule has 1 saturated heterocycles. The Morgan fingerprint density at radius 3 is 2.56 bits per heavy atom. The number of nitro benzene ring substituents is 1. The van der Waals surface area contributed by atoms with Gasteiger partial charge in [0.25, 0.3) is 5.69 Å². The number of nitrogens with zero attached hydrogens (tertiary/aromatic N) is 1. The minimum absolute atomic E-state index is 0.0296. The number of rotatable bonds is 5. The average Bonchev–Trinajstić information content (AvgIpc) is 3.09. The van der Waals surface area contributed by atoms with Crippen molar-refractivity contribution in [1.82, 2.24) is 10.6 Å². The Kier molecular flexibility index (Phi) is 5.25. The quantitative estimate of drug-likeness (QED) is 0.646. The van der Waals surface area contributed by atoms with Crippen LogP contribution in [0.3, 0.4) is 0 Å². The molecule has 1 fully saturated rings. The summed E-state index contributed by atoms with van der Waals surface area (Å²) in [4.78, 5) is 22.3. The molecule has 2 amide bonds. The van der Waals surface area contributed by atoms with Crippen LogP contribution in [0.15, 0.2) is 54.6 Å². The molecule has 0 radical (unpaired) electrons. The third-order valence-corrected chi connectivity index (χ3v) is 4.14. The van der Waals surface area contributed by atoms with E-state index in [1.54, 1.807) is 12.1 Å². The van der Waals surface area contributed by atoms with E-state index in [2.05, 4.69) is 10.6 Å². The number of nitro groups is 1. The van der Waals surface area contributed by atoms with Gasteiger partial charge in [-0.15, -0.1) is 0 Å². The first-order chi connectivity index (χ1) is 12.1. The minimum atomic E-state index is -0.451. The number of amides is 2. The van der Waals surface area contributed by atoms with E-state index in [1.807, 2.05) is 30.3 Å². The molecule has 2 N–H and O–H groups in total. The number of carbonyl (C=O) groups is 1. The number of urea groups is 1. The van der Waals surface area contributed by atoms with Crippen molar-refractivity contribution < 1.29 is 14.5 Å². The summed E-state index contributed by atoms with van der Waals surface area (Å²) in [5, 5.41) is 16.3. The fraction of sp³-hybridized carbons (Fsp3) is 0.278. The summed E-state index contributed by atoms with van der Waals surface area (Å²) >= 11 is 0. The maximum atomic E-state index is 12.1. The molecular weight excluding hydrogens is 322 g/mol. The third-order valence-electron chi connectivity index (χ3n) is 4.14. The van der Waals surface area contributed by atoms with Gasteiger partial charge in [0.15, 0.2) is 0 Å². The molecule has 0 saturated carbocycles. The van der Waals surface area contributed by atoms with Crippen molar-refractivity contribution >= 4 is 11.7 Å². The number of non-ortho nitro benzene ring substituents is 1. The van der Waals surface area contributed by atoms with Gasteiger partial charge in [-0.2, -0.15) is 0 Å². The lowest BCUT2D eigenvalue weighted by atomic mass is 10.0. The standard InChI is InChI=1S/C18H19N3O4/c22-18(19-12-13-6-8-15(9-7-13)21(23)24)20-16-10-11-25-17(16)14-4-2-1-3-5-14/h1-9,16-17H,10-12H2,(H2,19,20,22)/t16-,17+/m0/s1. The number of carbonyl (C=O) groups excluding carboxylic acids is 1. The Morgan fingerprint density at radius 1 is 1.16 bits per heavy atom. The lowest BCUT2D eigenvalue weighted by molar-refractivity contribution is -0.384. The molecule has 7 nitrogen and oxygen atoms in total. The van der Waals surface area contributed by atoms with Crippen LogP contribution in [0.4, 0.5) is 10.5 Å². The van der Waals surface area contributed by atoms with Crippen LogP contribution in [0, 0.1) is 10.1 Å². The van der Waals surface area contributed by atoms with Crippen molar-refractivity contribution in [3.63, 3.8) is 0 Å². The van der Waals surface area contributed by atoms with Gasteiger partial charge in [-0.1, -0.05) is 42.5 Å². The molecule has 3 rings (SSSR count). The average molecular weight is 341 g/mol. The summed E-state index contributed by atoms with van der Waals surface area (Å²) in [6.45, 7) is 0.903. The third kappa shape index (κ3) is 4.33. The maximum Gasteiger partial charge on any atom is 0.315 e. The summed E-state index contributed by atoms with van der Waals surface area (Å²) in [7, 11) is 0. The molecule has 7 heteroatoms. The van der Waals surface area contributed by atoms with Crippen molar-refractivity contribution in [3.05, 3.63) is 75.8 Å². The molecule has 0 aromatic heterocycles. The normalized spacial score (nSPS) is 19.4. The van der Waals surface area contributed by atoms with Gasteiger partial charge in [-0.3, -0.25) is 10.1 Å². The fourth-order valence-electron chi connectivity index (χ4n) is 2.85. The fourth-order valence-corrected chi connectivity index (χ4v) is 2.85. The van der Waals surface area contributed by atoms with E-state index >= 15 is 0 Å². The van der Waals surface area contributed by atoms with E-state index in [0.29, 0.717) is 13.2 Å². The zero-order valence-electron chi connectivity index (χ0n) is 13.6. The van der Waals surface area contributed by atoms with E-state index in [0.717, 1.165) is 17.5 Å². The lowest BCUT2D eigenvalue weighted by Gasteiger charge is -2.20. The van der Waals surface area contributed by atoms with E-state index in [4.69, 9.17) is 4.74 Å². The summed E-state index contributed by atoms with van der Waals surface area (Å²) < 4.78 is 5.74. The number of benzene rings is 2. The Bertz CT molecular complexity index is 734. The Labute approximate surface area is 145 Å². The van der Waals surface area contributed by atoms with Crippen LogP contribution in [0.5, 0.6) is 0 Å². The van der Waals surface area contributed by atoms with Crippen LogP contribution < -0.4 is 10.6 Å². The summed E-state index contributed by atoms with van der Waals surface area (Å²) in [6.07, 6.45) is 0.608.